The second-order valence-corrected chi connectivity index (χ2v) is 5.34. The third-order valence-electron chi connectivity index (χ3n) is 2.80. The zero-order valence-corrected chi connectivity index (χ0v) is 12.8. The van der Waals surface area contributed by atoms with Crippen LogP contribution in [0, 0.1) is 6.92 Å². The Labute approximate surface area is 126 Å². The van der Waals surface area contributed by atoms with Crippen molar-refractivity contribution in [2.75, 3.05) is 18.2 Å². The standard InChI is InChI=1S/C15H15BrN2O2/c1-9-5-10(16)7-11(6-9)18-15(19)13-4-3-12(20-2)8-14(13)17/h3-8H,17H2,1-2H3,(H,18,19). The Hall–Kier alpha value is -2.01. The van der Waals surface area contributed by atoms with E-state index < -0.39 is 0 Å². The summed E-state index contributed by atoms with van der Waals surface area (Å²) in [5, 5.41) is 2.83. The van der Waals surface area contributed by atoms with E-state index in [1.165, 1.54) is 0 Å². The number of carbonyl (C=O) groups excluding carboxylic acids is 1. The molecule has 0 atom stereocenters. The SMILES string of the molecule is COc1ccc(C(=O)Nc2cc(C)cc(Br)c2)c(N)c1. The van der Waals surface area contributed by atoms with Gasteiger partial charge in [0.05, 0.1) is 12.7 Å². The molecule has 0 aliphatic heterocycles. The summed E-state index contributed by atoms with van der Waals surface area (Å²) in [5.74, 6) is 0.375. The van der Waals surface area contributed by atoms with E-state index >= 15 is 0 Å². The topological polar surface area (TPSA) is 64.3 Å². The molecule has 3 N–H and O–H groups in total. The summed E-state index contributed by atoms with van der Waals surface area (Å²) in [6.45, 7) is 1.96. The van der Waals surface area contributed by atoms with E-state index in [-0.39, 0.29) is 5.91 Å². The summed E-state index contributed by atoms with van der Waals surface area (Å²) in [5.41, 5.74) is 8.44. The molecule has 0 aliphatic rings. The van der Waals surface area contributed by atoms with Crippen LogP contribution in [0.3, 0.4) is 0 Å². The molecule has 0 unspecified atom stereocenters. The van der Waals surface area contributed by atoms with Crippen molar-refractivity contribution in [1.82, 2.24) is 0 Å². The maximum atomic E-state index is 12.2. The Morgan fingerprint density at radius 2 is 2.00 bits per heavy atom. The molecule has 2 rings (SSSR count). The number of ether oxygens (including phenoxy) is 1. The van der Waals surface area contributed by atoms with Gasteiger partial charge in [-0.3, -0.25) is 4.79 Å². The van der Waals surface area contributed by atoms with Gasteiger partial charge in [-0.2, -0.15) is 0 Å². The first-order chi connectivity index (χ1) is 9.49. The number of aryl methyl sites for hydroxylation is 1. The number of rotatable bonds is 3. The second kappa shape index (κ2) is 5.96. The summed E-state index contributed by atoms with van der Waals surface area (Å²) in [7, 11) is 1.55. The molecule has 0 fully saturated rings. The highest BCUT2D eigenvalue weighted by Crippen LogP contribution is 2.23. The first kappa shape index (κ1) is 14.4. The van der Waals surface area contributed by atoms with Gasteiger partial charge in [0.2, 0.25) is 0 Å². The van der Waals surface area contributed by atoms with Gasteiger partial charge in [-0.1, -0.05) is 15.9 Å². The van der Waals surface area contributed by atoms with Crippen molar-refractivity contribution in [2.45, 2.75) is 6.92 Å². The molecule has 0 aromatic heterocycles. The van der Waals surface area contributed by atoms with Gasteiger partial charge >= 0.3 is 0 Å². The predicted octanol–water partition coefficient (Wildman–Crippen LogP) is 3.60. The quantitative estimate of drug-likeness (QED) is 0.843. The lowest BCUT2D eigenvalue weighted by Crippen LogP contribution is -2.14. The smallest absolute Gasteiger partial charge is 0.257 e. The number of halogens is 1. The highest BCUT2D eigenvalue weighted by molar-refractivity contribution is 9.10. The Balaban J connectivity index is 2.23. The molecule has 5 heteroatoms. The Morgan fingerprint density at radius 3 is 2.60 bits per heavy atom. The summed E-state index contributed by atoms with van der Waals surface area (Å²) in [6, 6.07) is 10.7. The lowest BCUT2D eigenvalue weighted by molar-refractivity contribution is 0.102. The van der Waals surface area contributed by atoms with Gasteiger partial charge in [-0.05, 0) is 42.8 Å². The number of nitrogen functional groups attached to an aromatic ring is 1. The van der Waals surface area contributed by atoms with E-state index in [1.807, 2.05) is 25.1 Å². The number of methoxy groups -OCH3 is 1. The molecular formula is C15H15BrN2O2. The van der Waals surface area contributed by atoms with Crippen molar-refractivity contribution in [3.8, 4) is 5.75 Å². The molecule has 104 valence electrons. The van der Waals surface area contributed by atoms with Crippen LogP contribution >= 0.6 is 15.9 Å². The van der Waals surface area contributed by atoms with Gasteiger partial charge in [-0.25, -0.2) is 0 Å². The monoisotopic (exact) mass is 334 g/mol. The maximum Gasteiger partial charge on any atom is 0.257 e. The number of benzene rings is 2. The van der Waals surface area contributed by atoms with Crippen molar-refractivity contribution in [3.05, 3.63) is 52.0 Å². The van der Waals surface area contributed by atoms with Crippen LogP contribution in [0.2, 0.25) is 0 Å². The van der Waals surface area contributed by atoms with Gasteiger partial charge in [0.1, 0.15) is 5.75 Å². The van der Waals surface area contributed by atoms with E-state index in [2.05, 4.69) is 21.2 Å². The van der Waals surface area contributed by atoms with E-state index in [4.69, 9.17) is 10.5 Å². The highest BCUT2D eigenvalue weighted by Gasteiger charge is 2.11. The maximum absolute atomic E-state index is 12.2. The fourth-order valence-electron chi connectivity index (χ4n) is 1.88. The number of nitrogens with one attached hydrogen (secondary N) is 1. The van der Waals surface area contributed by atoms with E-state index in [0.717, 1.165) is 15.7 Å². The average Bonchev–Trinajstić information content (AvgIpc) is 2.36. The van der Waals surface area contributed by atoms with Crippen LogP contribution in [0.5, 0.6) is 5.75 Å². The first-order valence-corrected chi connectivity index (χ1v) is 6.81. The lowest BCUT2D eigenvalue weighted by Gasteiger charge is -2.10. The van der Waals surface area contributed by atoms with Crippen LogP contribution in [0.1, 0.15) is 15.9 Å². The number of nitrogens with two attached hydrogens (primary N) is 1. The summed E-state index contributed by atoms with van der Waals surface area (Å²) in [4.78, 5) is 12.2. The molecule has 0 spiro atoms. The Kier molecular flexibility index (Phi) is 4.29. The third kappa shape index (κ3) is 3.30. The Morgan fingerprint density at radius 1 is 1.25 bits per heavy atom. The van der Waals surface area contributed by atoms with Crippen molar-refractivity contribution < 1.29 is 9.53 Å². The lowest BCUT2D eigenvalue weighted by atomic mass is 10.1. The van der Waals surface area contributed by atoms with Gasteiger partial charge < -0.3 is 15.8 Å². The zero-order valence-electron chi connectivity index (χ0n) is 11.2. The van der Waals surface area contributed by atoms with Crippen LogP contribution in [0.4, 0.5) is 11.4 Å². The second-order valence-electron chi connectivity index (χ2n) is 4.42. The van der Waals surface area contributed by atoms with Crippen LogP contribution in [0.15, 0.2) is 40.9 Å². The molecule has 2 aromatic rings. The van der Waals surface area contributed by atoms with Crippen molar-refractivity contribution in [1.29, 1.82) is 0 Å². The molecule has 2 aromatic carbocycles. The minimum Gasteiger partial charge on any atom is -0.497 e. The molecule has 1 amide bonds. The average molecular weight is 335 g/mol. The molecule has 4 nitrogen and oxygen atoms in total. The predicted molar refractivity (Wildman–Crippen MR) is 84.2 cm³/mol. The number of anilines is 2. The number of amides is 1. The first-order valence-electron chi connectivity index (χ1n) is 6.01. The Bertz CT molecular complexity index is 636. The molecular weight excluding hydrogens is 320 g/mol. The van der Waals surface area contributed by atoms with Crippen molar-refractivity contribution >= 4 is 33.2 Å². The highest BCUT2D eigenvalue weighted by atomic mass is 79.9. The molecule has 0 saturated heterocycles. The van der Waals surface area contributed by atoms with Crippen LogP contribution in [-0.4, -0.2) is 13.0 Å². The molecule has 0 bridgehead atoms. The fraction of sp³-hybridized carbons (Fsp3) is 0.133. The van der Waals surface area contributed by atoms with Gasteiger partial charge in [-0.15, -0.1) is 0 Å². The number of carbonyl (C=O) groups is 1. The normalized spacial score (nSPS) is 10.2. The summed E-state index contributed by atoms with van der Waals surface area (Å²) >= 11 is 3.40. The van der Waals surface area contributed by atoms with Crippen molar-refractivity contribution in [3.63, 3.8) is 0 Å². The summed E-state index contributed by atoms with van der Waals surface area (Å²) in [6.07, 6.45) is 0. The van der Waals surface area contributed by atoms with E-state index in [0.29, 0.717) is 17.0 Å². The fourth-order valence-corrected chi connectivity index (χ4v) is 2.49. The van der Waals surface area contributed by atoms with Crippen LogP contribution in [-0.2, 0) is 0 Å². The molecule has 20 heavy (non-hydrogen) atoms. The molecule has 0 saturated carbocycles. The van der Waals surface area contributed by atoms with E-state index in [1.54, 1.807) is 25.3 Å². The summed E-state index contributed by atoms with van der Waals surface area (Å²) < 4.78 is 5.97. The third-order valence-corrected chi connectivity index (χ3v) is 3.26. The zero-order chi connectivity index (χ0) is 14.7. The molecule has 0 radical (unpaired) electrons. The minimum atomic E-state index is -0.248. The van der Waals surface area contributed by atoms with E-state index in [9.17, 15) is 4.79 Å². The van der Waals surface area contributed by atoms with Gasteiger partial charge in [0.15, 0.2) is 0 Å². The largest absolute Gasteiger partial charge is 0.497 e. The van der Waals surface area contributed by atoms with Crippen LogP contribution < -0.4 is 15.8 Å². The van der Waals surface area contributed by atoms with Gasteiger partial charge in [0.25, 0.3) is 5.91 Å². The number of hydrogen-bond donors (Lipinski definition) is 2. The number of hydrogen-bond acceptors (Lipinski definition) is 3. The van der Waals surface area contributed by atoms with Gasteiger partial charge in [0, 0.05) is 21.9 Å². The minimum absolute atomic E-state index is 0.248. The molecule has 0 heterocycles. The molecule has 0 aliphatic carbocycles. The van der Waals surface area contributed by atoms with Crippen LogP contribution in [0.25, 0.3) is 0 Å². The van der Waals surface area contributed by atoms with Crippen molar-refractivity contribution in [2.24, 2.45) is 0 Å².